The molecule has 0 aliphatic rings. The van der Waals surface area contributed by atoms with Gasteiger partial charge in [0, 0.05) is 6.61 Å². The van der Waals surface area contributed by atoms with Gasteiger partial charge in [-0.2, -0.15) is 0 Å². The maximum atomic E-state index is 5.42. The average molecular weight is 202 g/mol. The Hall–Kier alpha value is -0.120. The smallest absolute Gasteiger partial charge is 0.0873 e. The second-order valence-electron chi connectivity index (χ2n) is 3.22. The van der Waals surface area contributed by atoms with E-state index in [4.69, 9.17) is 14.2 Å². The Kier molecular flexibility index (Phi) is 9.35. The molecule has 0 fully saturated rings. The fraction of sp³-hybridized carbons (Fsp3) is 0.818. The number of hydrogen-bond donors (Lipinski definition) is 0. The summed E-state index contributed by atoms with van der Waals surface area (Å²) in [5.74, 6) is 0. The van der Waals surface area contributed by atoms with Crippen molar-refractivity contribution in [3.8, 4) is 0 Å². The van der Waals surface area contributed by atoms with Gasteiger partial charge >= 0.3 is 0 Å². The van der Waals surface area contributed by atoms with Gasteiger partial charge < -0.3 is 14.2 Å². The maximum Gasteiger partial charge on any atom is 0.0873 e. The standard InChI is InChI=1S/C11H22O3/c1-5-7-14-11(4)9-12-8-10(3)13-6-2/h5,7,10-11H,6,8-9H2,1-4H3. The number of ether oxygens (including phenoxy) is 3. The summed E-state index contributed by atoms with van der Waals surface area (Å²) in [5, 5.41) is 0. The van der Waals surface area contributed by atoms with Crippen molar-refractivity contribution in [3.63, 3.8) is 0 Å². The first-order chi connectivity index (χ1) is 6.70. The van der Waals surface area contributed by atoms with Crippen molar-refractivity contribution in [2.45, 2.75) is 39.9 Å². The van der Waals surface area contributed by atoms with E-state index in [0.717, 1.165) is 6.61 Å². The molecule has 0 N–H and O–H groups in total. The first-order valence-electron chi connectivity index (χ1n) is 5.16. The van der Waals surface area contributed by atoms with Crippen LogP contribution in [-0.4, -0.2) is 32.0 Å². The van der Waals surface area contributed by atoms with Crippen molar-refractivity contribution < 1.29 is 14.2 Å². The van der Waals surface area contributed by atoms with Crippen LogP contribution in [0, 0.1) is 13.0 Å². The number of hydrogen-bond acceptors (Lipinski definition) is 3. The van der Waals surface area contributed by atoms with Gasteiger partial charge in [0.1, 0.15) is 0 Å². The molecule has 0 saturated carbocycles. The average Bonchev–Trinajstić information content (AvgIpc) is 2.15. The molecule has 0 spiro atoms. The van der Waals surface area contributed by atoms with Crippen LogP contribution in [0.5, 0.6) is 0 Å². The van der Waals surface area contributed by atoms with Crippen LogP contribution in [0.4, 0.5) is 0 Å². The molecule has 0 aromatic heterocycles. The lowest BCUT2D eigenvalue weighted by Crippen LogP contribution is -2.21. The second kappa shape index (κ2) is 9.44. The SMILES string of the molecule is C[CH][CH]OC(C)COCC(C)OCC. The molecular weight excluding hydrogens is 180 g/mol. The second-order valence-corrected chi connectivity index (χ2v) is 3.22. The Bertz CT molecular complexity index is 117. The van der Waals surface area contributed by atoms with Crippen LogP contribution >= 0.6 is 0 Å². The van der Waals surface area contributed by atoms with Crippen molar-refractivity contribution >= 4 is 0 Å². The summed E-state index contributed by atoms with van der Waals surface area (Å²) in [6.07, 6.45) is 2.12. The van der Waals surface area contributed by atoms with Crippen molar-refractivity contribution in [1.82, 2.24) is 0 Å². The largest absolute Gasteiger partial charge is 0.376 e. The van der Waals surface area contributed by atoms with E-state index in [1.807, 2.05) is 34.1 Å². The van der Waals surface area contributed by atoms with E-state index in [-0.39, 0.29) is 12.2 Å². The van der Waals surface area contributed by atoms with Gasteiger partial charge in [-0.3, -0.25) is 0 Å². The fourth-order valence-electron chi connectivity index (χ4n) is 0.985. The van der Waals surface area contributed by atoms with Crippen LogP contribution in [0.3, 0.4) is 0 Å². The summed E-state index contributed by atoms with van der Waals surface area (Å²) >= 11 is 0. The minimum absolute atomic E-state index is 0.0972. The minimum Gasteiger partial charge on any atom is -0.376 e. The van der Waals surface area contributed by atoms with Gasteiger partial charge in [-0.1, -0.05) is 6.92 Å². The third-order valence-corrected chi connectivity index (χ3v) is 1.60. The van der Waals surface area contributed by atoms with E-state index in [1.165, 1.54) is 0 Å². The summed E-state index contributed by atoms with van der Waals surface area (Å²) < 4.78 is 16.0. The molecule has 0 aliphatic carbocycles. The zero-order valence-electron chi connectivity index (χ0n) is 9.66. The predicted octanol–water partition coefficient (Wildman–Crippen LogP) is 2.22. The molecule has 3 nitrogen and oxygen atoms in total. The Morgan fingerprint density at radius 3 is 2.36 bits per heavy atom. The van der Waals surface area contributed by atoms with E-state index < -0.39 is 0 Å². The lowest BCUT2D eigenvalue weighted by molar-refractivity contribution is -0.0320. The third kappa shape index (κ3) is 8.48. The first-order valence-corrected chi connectivity index (χ1v) is 5.16. The van der Waals surface area contributed by atoms with E-state index in [9.17, 15) is 0 Å². The molecule has 14 heavy (non-hydrogen) atoms. The Balaban J connectivity index is 3.25. The van der Waals surface area contributed by atoms with E-state index in [2.05, 4.69) is 0 Å². The molecule has 0 aliphatic heterocycles. The molecule has 0 rings (SSSR count). The molecule has 84 valence electrons. The zero-order valence-corrected chi connectivity index (χ0v) is 9.66. The van der Waals surface area contributed by atoms with Gasteiger partial charge in [0.25, 0.3) is 0 Å². The van der Waals surface area contributed by atoms with Gasteiger partial charge in [-0.25, -0.2) is 0 Å². The highest BCUT2D eigenvalue weighted by Gasteiger charge is 2.04. The fourth-order valence-corrected chi connectivity index (χ4v) is 0.985. The first kappa shape index (κ1) is 13.9. The Labute approximate surface area is 87.7 Å². The van der Waals surface area contributed by atoms with E-state index in [1.54, 1.807) is 6.61 Å². The lowest BCUT2D eigenvalue weighted by atomic mass is 10.4. The quantitative estimate of drug-likeness (QED) is 0.574. The van der Waals surface area contributed by atoms with Crippen LogP contribution in [0.1, 0.15) is 27.7 Å². The topological polar surface area (TPSA) is 27.7 Å². The van der Waals surface area contributed by atoms with Gasteiger partial charge in [-0.15, -0.1) is 0 Å². The molecule has 0 heterocycles. The molecule has 0 amide bonds. The summed E-state index contributed by atoms with van der Waals surface area (Å²) in [7, 11) is 0. The van der Waals surface area contributed by atoms with Crippen molar-refractivity contribution in [2.24, 2.45) is 0 Å². The normalized spacial score (nSPS) is 15.4. The van der Waals surface area contributed by atoms with E-state index in [0.29, 0.717) is 13.2 Å². The Morgan fingerprint density at radius 1 is 1.14 bits per heavy atom. The van der Waals surface area contributed by atoms with Crippen molar-refractivity contribution in [2.75, 3.05) is 19.8 Å². The molecule has 0 aromatic carbocycles. The third-order valence-electron chi connectivity index (χ3n) is 1.60. The highest BCUT2D eigenvalue weighted by molar-refractivity contribution is 4.68. The van der Waals surface area contributed by atoms with Gasteiger partial charge in [-0.05, 0) is 27.2 Å². The minimum atomic E-state index is 0.0972. The van der Waals surface area contributed by atoms with Gasteiger partial charge in [0.05, 0.1) is 32.0 Å². The Morgan fingerprint density at radius 2 is 1.79 bits per heavy atom. The summed E-state index contributed by atoms with van der Waals surface area (Å²) in [4.78, 5) is 0. The molecule has 0 saturated heterocycles. The van der Waals surface area contributed by atoms with Gasteiger partial charge in [0.15, 0.2) is 0 Å². The summed E-state index contributed by atoms with van der Waals surface area (Å²) in [6.45, 7) is 11.5. The van der Waals surface area contributed by atoms with E-state index >= 15 is 0 Å². The number of rotatable bonds is 9. The van der Waals surface area contributed by atoms with Crippen molar-refractivity contribution in [3.05, 3.63) is 13.0 Å². The molecule has 2 atom stereocenters. The van der Waals surface area contributed by atoms with Gasteiger partial charge in [0.2, 0.25) is 0 Å². The van der Waals surface area contributed by atoms with Crippen LogP contribution in [0.25, 0.3) is 0 Å². The van der Waals surface area contributed by atoms with Crippen molar-refractivity contribution in [1.29, 1.82) is 0 Å². The highest BCUT2D eigenvalue weighted by atomic mass is 16.6. The molecule has 2 radical (unpaired) electrons. The monoisotopic (exact) mass is 202 g/mol. The lowest BCUT2D eigenvalue weighted by Gasteiger charge is -2.15. The molecular formula is C11H22O3. The molecule has 3 heteroatoms. The predicted molar refractivity (Wildman–Crippen MR) is 56.7 cm³/mol. The molecule has 0 bridgehead atoms. The van der Waals surface area contributed by atoms with Crippen LogP contribution < -0.4 is 0 Å². The van der Waals surface area contributed by atoms with Crippen LogP contribution in [0.2, 0.25) is 0 Å². The highest BCUT2D eigenvalue weighted by Crippen LogP contribution is 1.98. The molecule has 0 aromatic rings. The molecule has 2 unspecified atom stereocenters. The zero-order chi connectivity index (χ0) is 10.8. The summed E-state index contributed by atoms with van der Waals surface area (Å²) in [6, 6.07) is 0. The van der Waals surface area contributed by atoms with Crippen LogP contribution in [0.15, 0.2) is 0 Å². The summed E-state index contributed by atoms with van der Waals surface area (Å²) in [5.41, 5.74) is 0. The van der Waals surface area contributed by atoms with Crippen LogP contribution in [-0.2, 0) is 14.2 Å². The maximum absolute atomic E-state index is 5.42.